The molecule has 6 heteroatoms. The van der Waals surface area contributed by atoms with E-state index in [4.69, 9.17) is 17.2 Å². The van der Waals surface area contributed by atoms with Gasteiger partial charge in [-0.15, -0.1) is 0 Å². The van der Waals surface area contributed by atoms with Crippen LogP contribution in [0.25, 0.3) is 5.69 Å². The summed E-state index contributed by atoms with van der Waals surface area (Å²) >= 11 is 5.93. The minimum atomic E-state index is -0.0618. The predicted molar refractivity (Wildman–Crippen MR) is 158 cm³/mol. The number of aryl methyl sites for hydroxylation is 2. The number of rotatable bonds is 7. The van der Waals surface area contributed by atoms with Crippen LogP contribution >= 0.6 is 12.2 Å². The highest BCUT2D eigenvalue weighted by Crippen LogP contribution is 2.43. The van der Waals surface area contributed by atoms with Crippen molar-refractivity contribution in [2.75, 3.05) is 22.9 Å². The van der Waals surface area contributed by atoms with E-state index < -0.39 is 0 Å². The zero-order chi connectivity index (χ0) is 26.1. The average Bonchev–Trinajstić information content (AvgIpc) is 3.40. The van der Waals surface area contributed by atoms with Gasteiger partial charge < -0.3 is 19.7 Å². The summed E-state index contributed by atoms with van der Waals surface area (Å²) in [6.45, 7) is 12.9. The Bertz CT molecular complexity index is 1390. The minimum absolute atomic E-state index is 0.0286. The van der Waals surface area contributed by atoms with Gasteiger partial charge in [0.2, 0.25) is 0 Å². The third-order valence-electron chi connectivity index (χ3n) is 7.40. The molecule has 0 radical (unpaired) electrons. The summed E-state index contributed by atoms with van der Waals surface area (Å²) in [6.07, 6.45) is 1.85. The molecule has 3 heterocycles. The van der Waals surface area contributed by atoms with Crippen LogP contribution in [0.1, 0.15) is 54.1 Å². The largest absolute Gasteiger partial charge is 0.372 e. The number of anilines is 2. The van der Waals surface area contributed by atoms with Crippen LogP contribution in [0, 0.1) is 20.8 Å². The Hall–Kier alpha value is -3.64. The zero-order valence-electron chi connectivity index (χ0n) is 22.3. The number of aromatic nitrogens is 2. The lowest BCUT2D eigenvalue weighted by atomic mass is 9.96. The molecule has 5 rings (SSSR count). The molecule has 0 amide bonds. The monoisotopic (exact) mass is 509 g/mol. The van der Waals surface area contributed by atoms with Crippen LogP contribution in [-0.2, 0) is 0 Å². The van der Waals surface area contributed by atoms with Crippen molar-refractivity contribution in [2.24, 2.45) is 0 Å². The van der Waals surface area contributed by atoms with Crippen LogP contribution in [0.15, 0.2) is 79.0 Å². The van der Waals surface area contributed by atoms with Gasteiger partial charge in [0, 0.05) is 47.7 Å². The molecule has 37 heavy (non-hydrogen) atoms. The number of pyridine rings is 1. The molecular weight excluding hydrogens is 474 g/mol. The summed E-state index contributed by atoms with van der Waals surface area (Å²) in [7, 11) is 0. The van der Waals surface area contributed by atoms with Crippen LogP contribution in [0.5, 0.6) is 0 Å². The topological polar surface area (TPSA) is 36.3 Å². The SMILES string of the molecule is CCN(CC)c1ccc(-n2c(C)cc([C@@H]3[C@@H](c4ccccn4)NC(=S)N3c3cccc(C)c3)c2C)cc1. The van der Waals surface area contributed by atoms with E-state index in [1.54, 1.807) is 0 Å². The van der Waals surface area contributed by atoms with Crippen molar-refractivity contribution in [3.8, 4) is 5.69 Å². The van der Waals surface area contributed by atoms with Crippen LogP contribution in [-0.4, -0.2) is 27.8 Å². The molecule has 1 fully saturated rings. The molecule has 2 aromatic heterocycles. The van der Waals surface area contributed by atoms with Crippen LogP contribution < -0.4 is 15.1 Å². The van der Waals surface area contributed by atoms with Gasteiger partial charge in [0.25, 0.3) is 0 Å². The smallest absolute Gasteiger partial charge is 0.174 e. The maximum atomic E-state index is 5.93. The number of hydrogen-bond acceptors (Lipinski definition) is 3. The van der Waals surface area contributed by atoms with Crippen LogP contribution in [0.4, 0.5) is 11.4 Å². The van der Waals surface area contributed by atoms with Gasteiger partial charge in [0.15, 0.2) is 5.11 Å². The standard InChI is InChI=1S/C31H35N5S/c1-6-34(7-2)24-14-16-25(17-15-24)35-22(4)20-27(23(35)5)30-29(28-13-8-9-18-32-28)33-31(37)36(30)26-12-10-11-21(3)19-26/h8-20,29-30H,6-7H2,1-5H3,(H,33,37)/t29-,30-/m1/s1. The third kappa shape index (κ3) is 4.62. The Kier molecular flexibility index (Phi) is 7.02. The highest BCUT2D eigenvalue weighted by molar-refractivity contribution is 7.80. The summed E-state index contributed by atoms with van der Waals surface area (Å²) in [4.78, 5) is 9.34. The van der Waals surface area contributed by atoms with Gasteiger partial charge in [-0.05, 0) is 113 Å². The molecular formula is C31H35N5S. The Morgan fingerprint density at radius 2 is 1.65 bits per heavy atom. The average molecular weight is 510 g/mol. The van der Waals surface area contributed by atoms with E-state index in [-0.39, 0.29) is 12.1 Å². The van der Waals surface area contributed by atoms with Crippen molar-refractivity contribution in [1.29, 1.82) is 0 Å². The molecule has 0 aliphatic carbocycles. The highest BCUT2D eigenvalue weighted by atomic mass is 32.1. The van der Waals surface area contributed by atoms with E-state index in [9.17, 15) is 0 Å². The predicted octanol–water partition coefficient (Wildman–Crippen LogP) is 6.82. The van der Waals surface area contributed by atoms with Gasteiger partial charge in [-0.2, -0.15) is 0 Å². The first-order valence-electron chi connectivity index (χ1n) is 13.0. The first kappa shape index (κ1) is 25.0. The van der Waals surface area contributed by atoms with Gasteiger partial charge in [-0.1, -0.05) is 18.2 Å². The molecule has 0 bridgehead atoms. The van der Waals surface area contributed by atoms with Gasteiger partial charge in [-0.25, -0.2) is 0 Å². The summed E-state index contributed by atoms with van der Waals surface area (Å²) in [6, 6.07) is 25.8. The second kappa shape index (κ2) is 10.4. The molecule has 190 valence electrons. The van der Waals surface area contributed by atoms with Crippen molar-refractivity contribution in [1.82, 2.24) is 14.9 Å². The second-order valence-corrected chi connectivity index (χ2v) is 10.1. The Balaban J connectivity index is 1.61. The second-order valence-electron chi connectivity index (χ2n) is 9.69. The number of nitrogens with zero attached hydrogens (tertiary/aromatic N) is 4. The van der Waals surface area contributed by atoms with Crippen LogP contribution in [0.3, 0.4) is 0 Å². The first-order chi connectivity index (χ1) is 17.9. The normalized spacial score (nSPS) is 17.2. The number of thiocarbonyl (C=S) groups is 1. The van der Waals surface area contributed by atoms with Crippen molar-refractivity contribution >= 4 is 28.7 Å². The van der Waals surface area contributed by atoms with Gasteiger partial charge in [0.05, 0.1) is 17.8 Å². The van der Waals surface area contributed by atoms with E-state index in [1.807, 2.05) is 18.3 Å². The fourth-order valence-corrected chi connectivity index (χ4v) is 5.96. The van der Waals surface area contributed by atoms with E-state index in [0.717, 1.165) is 29.6 Å². The molecule has 4 aromatic rings. The lowest BCUT2D eigenvalue weighted by Gasteiger charge is -2.28. The molecule has 0 spiro atoms. The molecule has 5 nitrogen and oxygen atoms in total. The zero-order valence-corrected chi connectivity index (χ0v) is 23.1. The van der Waals surface area contributed by atoms with E-state index >= 15 is 0 Å². The molecule has 1 aliphatic rings. The summed E-state index contributed by atoms with van der Waals surface area (Å²) in [5.41, 5.74) is 9.36. The number of nitrogens with one attached hydrogen (secondary N) is 1. The fourth-order valence-electron chi connectivity index (χ4n) is 5.61. The van der Waals surface area contributed by atoms with E-state index in [2.05, 4.69) is 115 Å². The summed E-state index contributed by atoms with van der Waals surface area (Å²) < 4.78 is 2.35. The molecule has 1 aliphatic heterocycles. The molecule has 1 N–H and O–H groups in total. The number of benzene rings is 2. The first-order valence-corrected chi connectivity index (χ1v) is 13.4. The maximum Gasteiger partial charge on any atom is 0.174 e. The maximum absolute atomic E-state index is 5.93. The lowest BCUT2D eigenvalue weighted by molar-refractivity contribution is 0.565. The lowest BCUT2D eigenvalue weighted by Crippen LogP contribution is -2.29. The van der Waals surface area contributed by atoms with Crippen LogP contribution in [0.2, 0.25) is 0 Å². The Morgan fingerprint density at radius 1 is 0.892 bits per heavy atom. The van der Waals surface area contributed by atoms with Gasteiger partial charge >= 0.3 is 0 Å². The van der Waals surface area contributed by atoms with Crippen molar-refractivity contribution < 1.29 is 0 Å². The minimum Gasteiger partial charge on any atom is -0.372 e. The van der Waals surface area contributed by atoms with E-state index in [0.29, 0.717) is 0 Å². The fraction of sp³-hybridized carbons (Fsp3) is 0.290. The number of hydrogen-bond donors (Lipinski definition) is 1. The van der Waals surface area contributed by atoms with Crippen molar-refractivity contribution in [3.05, 3.63) is 107 Å². The summed E-state index contributed by atoms with van der Waals surface area (Å²) in [5.74, 6) is 0. The van der Waals surface area contributed by atoms with Gasteiger partial charge in [-0.3, -0.25) is 4.98 Å². The Morgan fingerprint density at radius 3 is 2.30 bits per heavy atom. The van der Waals surface area contributed by atoms with E-state index in [1.165, 1.54) is 33.9 Å². The van der Waals surface area contributed by atoms with Crippen molar-refractivity contribution in [2.45, 2.75) is 46.7 Å². The van der Waals surface area contributed by atoms with Gasteiger partial charge in [0.1, 0.15) is 0 Å². The quantitative estimate of drug-likeness (QED) is 0.277. The van der Waals surface area contributed by atoms with Crippen molar-refractivity contribution in [3.63, 3.8) is 0 Å². The molecule has 1 saturated heterocycles. The molecule has 0 saturated carbocycles. The summed E-state index contributed by atoms with van der Waals surface area (Å²) in [5, 5.41) is 4.32. The molecule has 2 atom stereocenters. The third-order valence-corrected chi connectivity index (χ3v) is 7.72. The molecule has 0 unspecified atom stereocenters. The highest BCUT2D eigenvalue weighted by Gasteiger charge is 2.42. The molecule has 2 aromatic carbocycles. The Labute approximate surface area is 225 Å².